The highest BCUT2D eigenvalue weighted by Crippen LogP contribution is 2.22. The Hall–Kier alpha value is -2.67. The van der Waals surface area contributed by atoms with Crippen LogP contribution >= 0.6 is 11.8 Å². The van der Waals surface area contributed by atoms with E-state index in [-0.39, 0.29) is 23.5 Å². The molecule has 0 aliphatic carbocycles. The number of halogens is 1. The zero-order valence-corrected chi connectivity index (χ0v) is 15.8. The Labute approximate surface area is 161 Å². The van der Waals surface area contributed by atoms with E-state index < -0.39 is 0 Å². The van der Waals surface area contributed by atoms with Crippen LogP contribution in [0, 0.1) is 5.82 Å². The highest BCUT2D eigenvalue weighted by Gasteiger charge is 2.15. The molecule has 1 aromatic heterocycles. The summed E-state index contributed by atoms with van der Waals surface area (Å²) in [6.45, 7) is 2.09. The van der Waals surface area contributed by atoms with Gasteiger partial charge in [-0.3, -0.25) is 9.89 Å². The summed E-state index contributed by atoms with van der Waals surface area (Å²) in [6.07, 6.45) is 1.85. The van der Waals surface area contributed by atoms with E-state index in [2.05, 4.69) is 27.4 Å². The van der Waals surface area contributed by atoms with Gasteiger partial charge in [-0.1, -0.05) is 67.6 Å². The largest absolute Gasteiger partial charge is 0.349 e. The fourth-order valence-corrected chi connectivity index (χ4v) is 3.36. The van der Waals surface area contributed by atoms with Gasteiger partial charge in [0.15, 0.2) is 5.82 Å². The van der Waals surface area contributed by atoms with Gasteiger partial charge < -0.3 is 5.32 Å². The Morgan fingerprint density at radius 1 is 1.19 bits per heavy atom. The lowest BCUT2D eigenvalue weighted by Crippen LogP contribution is -2.29. The zero-order valence-electron chi connectivity index (χ0n) is 15.0. The summed E-state index contributed by atoms with van der Waals surface area (Å²) in [6, 6.07) is 16.3. The maximum absolute atomic E-state index is 13.8. The first-order valence-electron chi connectivity index (χ1n) is 8.81. The second-order valence-electron chi connectivity index (χ2n) is 6.05. The van der Waals surface area contributed by atoms with Crippen molar-refractivity contribution in [3.8, 4) is 11.4 Å². The number of amides is 1. The molecule has 27 heavy (non-hydrogen) atoms. The Bertz CT molecular complexity index is 884. The summed E-state index contributed by atoms with van der Waals surface area (Å²) in [4.78, 5) is 16.6. The van der Waals surface area contributed by atoms with Crippen molar-refractivity contribution in [1.29, 1.82) is 0 Å². The number of hydrogen-bond acceptors (Lipinski definition) is 4. The van der Waals surface area contributed by atoms with Crippen molar-refractivity contribution in [3.63, 3.8) is 0 Å². The van der Waals surface area contributed by atoms with Crippen molar-refractivity contribution < 1.29 is 9.18 Å². The molecule has 3 aromatic rings. The second-order valence-corrected chi connectivity index (χ2v) is 7.00. The third-order valence-corrected chi connectivity index (χ3v) is 4.89. The van der Waals surface area contributed by atoms with Gasteiger partial charge in [-0.25, -0.2) is 9.37 Å². The van der Waals surface area contributed by atoms with E-state index in [1.807, 2.05) is 30.3 Å². The number of aromatic amines is 1. The summed E-state index contributed by atoms with van der Waals surface area (Å²) in [5, 5.41) is 10.3. The molecule has 0 aliphatic rings. The van der Waals surface area contributed by atoms with Crippen molar-refractivity contribution in [1.82, 2.24) is 20.5 Å². The third kappa shape index (κ3) is 5.17. The fourth-order valence-electron chi connectivity index (χ4n) is 2.75. The fraction of sp³-hybridized carbons (Fsp3) is 0.250. The minimum Gasteiger partial charge on any atom is -0.349 e. The van der Waals surface area contributed by atoms with Crippen LogP contribution in [0.4, 0.5) is 4.39 Å². The van der Waals surface area contributed by atoms with E-state index in [0.29, 0.717) is 16.5 Å². The predicted molar refractivity (Wildman–Crippen MR) is 105 cm³/mol. The van der Waals surface area contributed by atoms with Crippen LogP contribution in [-0.2, 0) is 4.79 Å². The molecule has 3 rings (SSSR count). The molecule has 2 N–H and O–H groups in total. The molecule has 1 amide bonds. The zero-order chi connectivity index (χ0) is 19.1. The number of hydrogen-bond donors (Lipinski definition) is 2. The standard InChI is InChI=1S/C20H21FN4OS/c1-2-8-17(14-9-4-3-5-10-14)22-18(26)13-27-20-23-19(24-25-20)15-11-6-7-12-16(15)21/h3-7,9-12,17H,2,8,13H2,1H3,(H,22,26)(H,23,24,25)/t17-/m1/s1. The maximum Gasteiger partial charge on any atom is 0.230 e. The molecule has 2 aromatic carbocycles. The molecule has 7 heteroatoms. The molecule has 0 unspecified atom stereocenters. The molecule has 5 nitrogen and oxygen atoms in total. The number of thioether (sulfide) groups is 1. The van der Waals surface area contributed by atoms with Gasteiger partial charge in [-0.15, -0.1) is 5.10 Å². The smallest absolute Gasteiger partial charge is 0.230 e. The van der Waals surface area contributed by atoms with Gasteiger partial charge in [0.05, 0.1) is 17.4 Å². The Morgan fingerprint density at radius 2 is 1.93 bits per heavy atom. The molecule has 0 saturated carbocycles. The number of benzene rings is 2. The van der Waals surface area contributed by atoms with Gasteiger partial charge in [0, 0.05) is 0 Å². The molecule has 0 fully saturated rings. The summed E-state index contributed by atoms with van der Waals surface area (Å²) in [5.74, 6) is 0.0960. The summed E-state index contributed by atoms with van der Waals surface area (Å²) in [5.41, 5.74) is 1.45. The molecule has 0 saturated heterocycles. The van der Waals surface area contributed by atoms with E-state index in [0.717, 1.165) is 18.4 Å². The molecular formula is C20H21FN4OS. The lowest BCUT2D eigenvalue weighted by atomic mass is 10.0. The lowest BCUT2D eigenvalue weighted by Gasteiger charge is -2.18. The Morgan fingerprint density at radius 3 is 2.67 bits per heavy atom. The van der Waals surface area contributed by atoms with E-state index in [4.69, 9.17) is 0 Å². The first kappa shape index (κ1) is 19.1. The third-order valence-electron chi connectivity index (χ3n) is 4.04. The number of H-pyrrole nitrogens is 1. The molecule has 0 aliphatic heterocycles. The van der Waals surface area contributed by atoms with E-state index in [1.54, 1.807) is 18.2 Å². The first-order chi connectivity index (χ1) is 13.2. The van der Waals surface area contributed by atoms with Crippen LogP contribution < -0.4 is 5.32 Å². The van der Waals surface area contributed by atoms with Crippen molar-refractivity contribution in [2.24, 2.45) is 0 Å². The minimum atomic E-state index is -0.367. The van der Waals surface area contributed by atoms with E-state index >= 15 is 0 Å². The van der Waals surface area contributed by atoms with Crippen LogP contribution in [0.3, 0.4) is 0 Å². The van der Waals surface area contributed by atoms with Gasteiger partial charge in [0.2, 0.25) is 11.1 Å². The highest BCUT2D eigenvalue weighted by atomic mass is 32.2. The number of carbonyl (C=O) groups excluding carboxylic acids is 1. The molecule has 1 atom stereocenters. The second kappa shape index (κ2) is 9.32. The Balaban J connectivity index is 1.58. The molecular weight excluding hydrogens is 363 g/mol. The quantitative estimate of drug-likeness (QED) is 0.566. The Kier molecular flexibility index (Phi) is 6.59. The van der Waals surface area contributed by atoms with Crippen LogP contribution in [0.1, 0.15) is 31.4 Å². The average Bonchev–Trinajstić information content (AvgIpc) is 3.16. The van der Waals surface area contributed by atoms with Crippen LogP contribution in [0.5, 0.6) is 0 Å². The molecule has 1 heterocycles. The average molecular weight is 384 g/mol. The predicted octanol–water partition coefficient (Wildman–Crippen LogP) is 4.36. The molecule has 0 spiro atoms. The number of rotatable bonds is 8. The van der Waals surface area contributed by atoms with Crippen LogP contribution in [0.15, 0.2) is 59.8 Å². The van der Waals surface area contributed by atoms with Crippen molar-refractivity contribution in [2.45, 2.75) is 31.0 Å². The summed E-state index contributed by atoms with van der Waals surface area (Å²) in [7, 11) is 0. The van der Waals surface area contributed by atoms with Gasteiger partial charge in [0.1, 0.15) is 5.82 Å². The van der Waals surface area contributed by atoms with Crippen molar-refractivity contribution >= 4 is 17.7 Å². The number of nitrogens with one attached hydrogen (secondary N) is 2. The number of nitrogens with zero attached hydrogens (tertiary/aromatic N) is 2. The van der Waals surface area contributed by atoms with E-state index in [1.165, 1.54) is 17.8 Å². The van der Waals surface area contributed by atoms with Crippen LogP contribution in [0.2, 0.25) is 0 Å². The lowest BCUT2D eigenvalue weighted by molar-refractivity contribution is -0.119. The summed E-state index contributed by atoms with van der Waals surface area (Å²) >= 11 is 1.22. The molecule has 140 valence electrons. The van der Waals surface area contributed by atoms with Gasteiger partial charge >= 0.3 is 0 Å². The topological polar surface area (TPSA) is 70.7 Å². The van der Waals surface area contributed by atoms with Crippen LogP contribution in [0.25, 0.3) is 11.4 Å². The molecule has 0 bridgehead atoms. The highest BCUT2D eigenvalue weighted by molar-refractivity contribution is 7.99. The summed E-state index contributed by atoms with van der Waals surface area (Å²) < 4.78 is 13.8. The maximum atomic E-state index is 13.8. The van der Waals surface area contributed by atoms with Gasteiger partial charge in [-0.05, 0) is 24.1 Å². The number of carbonyl (C=O) groups is 1. The minimum absolute atomic E-state index is 0.00887. The normalized spacial score (nSPS) is 11.9. The number of aromatic nitrogens is 3. The van der Waals surface area contributed by atoms with E-state index in [9.17, 15) is 9.18 Å². The van der Waals surface area contributed by atoms with Gasteiger partial charge in [0.25, 0.3) is 0 Å². The molecule has 0 radical (unpaired) electrons. The monoisotopic (exact) mass is 384 g/mol. The first-order valence-corrected chi connectivity index (χ1v) is 9.80. The SMILES string of the molecule is CCC[C@@H](NC(=O)CSc1n[nH]c(-c2ccccc2F)n1)c1ccccc1. The van der Waals surface area contributed by atoms with Gasteiger partial charge in [-0.2, -0.15) is 0 Å². The van der Waals surface area contributed by atoms with Crippen molar-refractivity contribution in [3.05, 3.63) is 66.0 Å². The van der Waals surface area contributed by atoms with Crippen molar-refractivity contribution in [2.75, 3.05) is 5.75 Å². The van der Waals surface area contributed by atoms with Crippen LogP contribution in [-0.4, -0.2) is 26.8 Å².